The number of hydrogen-bond acceptors (Lipinski definition) is 3. The van der Waals surface area contributed by atoms with Crippen molar-refractivity contribution in [2.45, 2.75) is 32.2 Å². The fourth-order valence-electron chi connectivity index (χ4n) is 1.89. The van der Waals surface area contributed by atoms with E-state index in [4.69, 9.17) is 16.3 Å². The van der Waals surface area contributed by atoms with Gasteiger partial charge in [0.15, 0.2) is 0 Å². The van der Waals surface area contributed by atoms with Gasteiger partial charge in [0, 0.05) is 6.04 Å². The number of hydrogen-bond donors (Lipinski definition) is 1. The fourth-order valence-corrected chi connectivity index (χ4v) is 2.13. The highest BCUT2D eigenvalue weighted by Gasteiger charge is 2.14. The van der Waals surface area contributed by atoms with Crippen molar-refractivity contribution in [1.82, 2.24) is 10.3 Å². The molecule has 2 heterocycles. The summed E-state index contributed by atoms with van der Waals surface area (Å²) in [4.78, 5) is 4.12. The summed E-state index contributed by atoms with van der Waals surface area (Å²) in [6.07, 6.45) is 5.01. The van der Waals surface area contributed by atoms with E-state index in [9.17, 15) is 0 Å². The predicted octanol–water partition coefficient (Wildman–Crippen LogP) is 2.85. The minimum absolute atomic E-state index is 0. The van der Waals surface area contributed by atoms with Gasteiger partial charge in [-0.05, 0) is 37.4 Å². The van der Waals surface area contributed by atoms with Crippen molar-refractivity contribution in [3.63, 3.8) is 0 Å². The lowest BCUT2D eigenvalue weighted by atomic mass is 10.2. The van der Waals surface area contributed by atoms with Crippen LogP contribution in [0, 0.1) is 0 Å². The van der Waals surface area contributed by atoms with Gasteiger partial charge in [-0.15, -0.1) is 12.4 Å². The second kappa shape index (κ2) is 7.04. The van der Waals surface area contributed by atoms with E-state index in [0.29, 0.717) is 17.8 Å². The van der Waals surface area contributed by atoms with Crippen LogP contribution in [-0.2, 0) is 6.42 Å². The Labute approximate surface area is 113 Å². The van der Waals surface area contributed by atoms with Gasteiger partial charge in [0.1, 0.15) is 17.5 Å². The molecule has 1 saturated heterocycles. The zero-order valence-corrected chi connectivity index (χ0v) is 11.5. The van der Waals surface area contributed by atoms with Crippen LogP contribution < -0.4 is 10.1 Å². The van der Waals surface area contributed by atoms with Crippen LogP contribution in [0.15, 0.2) is 12.3 Å². The van der Waals surface area contributed by atoms with Gasteiger partial charge in [0.2, 0.25) is 0 Å². The molecular weight excluding hydrogens is 259 g/mol. The first-order valence-corrected chi connectivity index (χ1v) is 6.18. The highest BCUT2D eigenvalue weighted by molar-refractivity contribution is 6.30. The summed E-state index contributed by atoms with van der Waals surface area (Å²) >= 11 is 5.94. The lowest BCUT2D eigenvalue weighted by Gasteiger charge is -2.12. The summed E-state index contributed by atoms with van der Waals surface area (Å²) in [7, 11) is 0. The van der Waals surface area contributed by atoms with Crippen molar-refractivity contribution in [2.24, 2.45) is 0 Å². The second-order valence-electron chi connectivity index (χ2n) is 4.08. The maximum absolute atomic E-state index is 5.94. The summed E-state index contributed by atoms with van der Waals surface area (Å²) in [5.74, 6) is 0.815. The molecule has 0 bridgehead atoms. The maximum atomic E-state index is 5.94. The van der Waals surface area contributed by atoms with Crippen molar-refractivity contribution in [3.05, 3.63) is 23.0 Å². The Morgan fingerprint density at radius 3 is 3.06 bits per heavy atom. The number of rotatable bonds is 4. The standard InChI is InChI=1S/C12H17ClN2O.ClH/c1-2-9-6-11(7-15-12(9)13)16-8-10-4-3-5-14-10;/h6-7,10,14H,2-5,8H2,1H3;1H/t10-;/m1./s1. The quantitative estimate of drug-likeness (QED) is 0.859. The highest BCUT2D eigenvalue weighted by Crippen LogP contribution is 2.20. The molecule has 0 aliphatic carbocycles. The molecule has 2 rings (SSSR count). The van der Waals surface area contributed by atoms with E-state index >= 15 is 0 Å². The molecule has 1 aromatic heterocycles. The number of aryl methyl sites for hydroxylation is 1. The molecule has 1 aliphatic heterocycles. The van der Waals surface area contributed by atoms with Gasteiger partial charge < -0.3 is 10.1 Å². The number of nitrogens with zero attached hydrogens (tertiary/aromatic N) is 1. The Hall–Kier alpha value is -0.510. The summed E-state index contributed by atoms with van der Waals surface area (Å²) in [6.45, 7) is 3.88. The molecule has 1 aromatic rings. The molecule has 0 amide bonds. The smallest absolute Gasteiger partial charge is 0.138 e. The van der Waals surface area contributed by atoms with E-state index in [0.717, 1.165) is 24.3 Å². The Kier molecular flexibility index (Phi) is 6.03. The van der Waals surface area contributed by atoms with E-state index in [1.54, 1.807) is 6.20 Å². The first kappa shape index (κ1) is 14.6. The van der Waals surface area contributed by atoms with Crippen molar-refractivity contribution < 1.29 is 4.74 Å². The molecule has 0 aromatic carbocycles. The SMILES string of the molecule is CCc1cc(OC[C@H]2CCCN2)cnc1Cl.Cl. The van der Waals surface area contributed by atoms with Gasteiger partial charge in [-0.3, -0.25) is 0 Å². The first-order valence-electron chi connectivity index (χ1n) is 5.80. The third-order valence-corrected chi connectivity index (χ3v) is 3.22. The van der Waals surface area contributed by atoms with E-state index in [2.05, 4.69) is 17.2 Å². The molecular formula is C12H18Cl2N2O. The lowest BCUT2D eigenvalue weighted by molar-refractivity contribution is 0.276. The normalized spacial score (nSPS) is 18.8. The number of ether oxygens (including phenoxy) is 1. The van der Waals surface area contributed by atoms with Gasteiger partial charge in [-0.1, -0.05) is 18.5 Å². The summed E-state index contributed by atoms with van der Waals surface area (Å²) in [5, 5.41) is 3.97. The molecule has 3 nitrogen and oxygen atoms in total. The molecule has 0 radical (unpaired) electrons. The van der Waals surface area contributed by atoms with Crippen LogP contribution in [-0.4, -0.2) is 24.2 Å². The number of aromatic nitrogens is 1. The molecule has 5 heteroatoms. The van der Waals surface area contributed by atoms with Gasteiger partial charge in [-0.2, -0.15) is 0 Å². The molecule has 17 heavy (non-hydrogen) atoms. The average molecular weight is 277 g/mol. The highest BCUT2D eigenvalue weighted by atomic mass is 35.5. The van der Waals surface area contributed by atoms with Crippen LogP contribution in [0.5, 0.6) is 5.75 Å². The van der Waals surface area contributed by atoms with Crippen LogP contribution in [0.3, 0.4) is 0 Å². The lowest BCUT2D eigenvalue weighted by Crippen LogP contribution is -2.28. The van der Waals surface area contributed by atoms with Crippen LogP contribution in [0.1, 0.15) is 25.3 Å². The van der Waals surface area contributed by atoms with Crippen LogP contribution in [0.4, 0.5) is 0 Å². The van der Waals surface area contributed by atoms with E-state index in [1.165, 1.54) is 12.8 Å². The minimum Gasteiger partial charge on any atom is -0.490 e. The third kappa shape index (κ3) is 4.02. The molecule has 1 N–H and O–H groups in total. The topological polar surface area (TPSA) is 34.1 Å². The molecule has 0 saturated carbocycles. The van der Waals surface area contributed by atoms with Gasteiger partial charge >= 0.3 is 0 Å². The van der Waals surface area contributed by atoms with Crippen molar-refractivity contribution in [2.75, 3.05) is 13.2 Å². The number of nitrogens with one attached hydrogen (secondary N) is 1. The van der Waals surface area contributed by atoms with Crippen molar-refractivity contribution in [3.8, 4) is 5.75 Å². The second-order valence-corrected chi connectivity index (χ2v) is 4.44. The van der Waals surface area contributed by atoms with Gasteiger partial charge in [-0.25, -0.2) is 4.98 Å². The average Bonchev–Trinajstić information content (AvgIpc) is 2.81. The van der Waals surface area contributed by atoms with E-state index in [1.807, 2.05) is 6.07 Å². The van der Waals surface area contributed by atoms with Crippen molar-refractivity contribution in [1.29, 1.82) is 0 Å². The number of pyridine rings is 1. The molecule has 1 fully saturated rings. The predicted molar refractivity (Wildman–Crippen MR) is 72.4 cm³/mol. The molecule has 0 spiro atoms. The van der Waals surface area contributed by atoms with Gasteiger partial charge in [0.25, 0.3) is 0 Å². The van der Waals surface area contributed by atoms with Crippen LogP contribution in [0.2, 0.25) is 5.15 Å². The van der Waals surface area contributed by atoms with E-state index in [-0.39, 0.29) is 12.4 Å². The largest absolute Gasteiger partial charge is 0.490 e. The zero-order chi connectivity index (χ0) is 11.4. The van der Waals surface area contributed by atoms with Crippen LogP contribution >= 0.6 is 24.0 Å². The minimum atomic E-state index is 0. The Morgan fingerprint density at radius 2 is 2.41 bits per heavy atom. The Morgan fingerprint density at radius 1 is 1.59 bits per heavy atom. The maximum Gasteiger partial charge on any atom is 0.138 e. The third-order valence-electron chi connectivity index (χ3n) is 2.88. The first-order chi connectivity index (χ1) is 7.79. The monoisotopic (exact) mass is 276 g/mol. The molecule has 0 unspecified atom stereocenters. The van der Waals surface area contributed by atoms with Crippen molar-refractivity contribution >= 4 is 24.0 Å². The summed E-state index contributed by atoms with van der Waals surface area (Å²) < 4.78 is 5.70. The van der Waals surface area contributed by atoms with Gasteiger partial charge in [0.05, 0.1) is 6.20 Å². The molecule has 96 valence electrons. The van der Waals surface area contributed by atoms with Crippen LogP contribution in [0.25, 0.3) is 0 Å². The zero-order valence-electron chi connectivity index (χ0n) is 9.91. The molecule has 1 aliphatic rings. The number of halogens is 2. The Balaban J connectivity index is 0.00000144. The molecule has 1 atom stereocenters. The van der Waals surface area contributed by atoms with E-state index < -0.39 is 0 Å². The Bertz CT molecular complexity index is 354. The summed E-state index contributed by atoms with van der Waals surface area (Å²) in [5.41, 5.74) is 1.04. The fraction of sp³-hybridized carbons (Fsp3) is 0.583. The summed E-state index contributed by atoms with van der Waals surface area (Å²) in [6, 6.07) is 2.46.